The molecule has 0 aliphatic carbocycles. The molecule has 0 radical (unpaired) electrons. The van der Waals surface area contributed by atoms with Crippen molar-refractivity contribution in [2.45, 2.75) is 42.8 Å². The number of piperidine rings is 2. The summed E-state index contributed by atoms with van der Waals surface area (Å²) in [5, 5.41) is 23.9. The zero-order chi connectivity index (χ0) is 27.6. The molecule has 0 atom stereocenters. The van der Waals surface area contributed by atoms with Gasteiger partial charge in [-0.1, -0.05) is 0 Å². The molecule has 5 N–H and O–H groups in total. The molecule has 2 fully saturated rings. The number of imide groups is 1. The number of hydrogen-bond donors (Lipinski definition) is 5. The number of likely N-dealkylation sites (tertiary alicyclic amines) is 1. The molecule has 14 heteroatoms. The number of aromatic nitrogens is 2. The summed E-state index contributed by atoms with van der Waals surface area (Å²) in [4.78, 5) is 35.1. The summed E-state index contributed by atoms with van der Waals surface area (Å²) >= 11 is 0. The summed E-state index contributed by atoms with van der Waals surface area (Å²) in [6.07, 6.45) is 1.51. The Kier molecular flexibility index (Phi) is 7.59. The summed E-state index contributed by atoms with van der Waals surface area (Å²) < 4.78 is 31.0. The molecule has 3 aromatic rings. The number of hydrogen-bond acceptors (Lipinski definition) is 9. The smallest absolute Gasteiger partial charge is 0.339 e. The number of carbonyl (C=O) groups is 2. The van der Waals surface area contributed by atoms with Crippen LogP contribution in [0, 0.1) is 0 Å². The highest BCUT2D eigenvalue weighted by molar-refractivity contribution is 7.87. The van der Waals surface area contributed by atoms with Gasteiger partial charge in [-0.05, 0) is 62.1 Å². The van der Waals surface area contributed by atoms with Crippen LogP contribution in [-0.4, -0.2) is 83.9 Å². The number of H-pyrrole nitrogens is 1. The average Bonchev–Trinajstić information content (AvgIpc) is 3.30. The molecule has 13 nitrogen and oxygen atoms in total. The second-order valence-corrected chi connectivity index (χ2v) is 11.2. The van der Waals surface area contributed by atoms with Gasteiger partial charge in [0.25, 0.3) is 0 Å². The topological polar surface area (TPSA) is 177 Å². The summed E-state index contributed by atoms with van der Waals surface area (Å²) in [6, 6.07) is 9.48. The monoisotopic (exact) mass is 558 g/mol. The summed E-state index contributed by atoms with van der Waals surface area (Å²) in [7, 11) is -4.11. The maximum Gasteiger partial charge on any atom is 0.339 e. The van der Waals surface area contributed by atoms with Crippen LogP contribution in [0.3, 0.4) is 0 Å². The number of carbonyl (C=O) groups excluding carboxylic acids is 2. The van der Waals surface area contributed by atoms with Gasteiger partial charge >= 0.3 is 22.2 Å². The number of anilines is 2. The van der Waals surface area contributed by atoms with Crippen LogP contribution < -0.4 is 19.7 Å². The number of aliphatic hydroxyl groups is 2. The maximum absolute atomic E-state index is 12.9. The zero-order valence-electron chi connectivity index (χ0n) is 21.0. The first-order valence-corrected chi connectivity index (χ1v) is 14.1. The number of aromatic amines is 1. The number of nitrogens with zero attached hydrogens (tertiary/aromatic N) is 3. The van der Waals surface area contributed by atoms with Crippen molar-refractivity contribution < 1.29 is 32.4 Å². The highest BCUT2D eigenvalue weighted by Crippen LogP contribution is 2.26. The van der Waals surface area contributed by atoms with Gasteiger partial charge < -0.3 is 29.2 Å². The first kappa shape index (κ1) is 26.7. The lowest BCUT2D eigenvalue weighted by atomic mass is 10.1. The minimum atomic E-state index is -4.11. The molecular formula is C25H30N6O7S. The van der Waals surface area contributed by atoms with E-state index in [0.29, 0.717) is 62.9 Å². The van der Waals surface area contributed by atoms with Crippen molar-refractivity contribution in [3.63, 3.8) is 0 Å². The van der Waals surface area contributed by atoms with Crippen LogP contribution in [0.5, 0.6) is 5.75 Å². The Labute approximate surface area is 224 Å². The van der Waals surface area contributed by atoms with Gasteiger partial charge in [0.15, 0.2) is 0 Å². The number of amides is 4. The van der Waals surface area contributed by atoms with Crippen molar-refractivity contribution in [2.24, 2.45) is 0 Å². The van der Waals surface area contributed by atoms with E-state index in [9.17, 15) is 28.2 Å². The average molecular weight is 559 g/mol. The van der Waals surface area contributed by atoms with Crippen molar-refractivity contribution in [3.05, 3.63) is 42.5 Å². The van der Waals surface area contributed by atoms with Crippen LogP contribution in [0.4, 0.5) is 21.2 Å². The molecule has 4 amide bonds. The number of rotatable bonds is 5. The minimum absolute atomic E-state index is 0.0000828. The lowest BCUT2D eigenvalue weighted by molar-refractivity contribution is 0.0944. The molecule has 0 spiro atoms. The van der Waals surface area contributed by atoms with E-state index in [-0.39, 0.29) is 22.7 Å². The van der Waals surface area contributed by atoms with Gasteiger partial charge in [-0.25, -0.2) is 14.6 Å². The van der Waals surface area contributed by atoms with Crippen molar-refractivity contribution in [1.82, 2.24) is 20.2 Å². The Hall–Kier alpha value is -3.88. The molecule has 2 saturated heterocycles. The Morgan fingerprint density at radius 1 is 0.949 bits per heavy atom. The van der Waals surface area contributed by atoms with Crippen LogP contribution in [0.2, 0.25) is 0 Å². The van der Waals surface area contributed by atoms with Gasteiger partial charge in [0.05, 0.1) is 23.2 Å². The second-order valence-electron chi connectivity index (χ2n) is 9.62. The Balaban J connectivity index is 1.20. The molecule has 0 bridgehead atoms. The molecule has 2 aliphatic heterocycles. The van der Waals surface area contributed by atoms with Crippen LogP contribution in [-0.2, 0) is 10.1 Å². The third-order valence-corrected chi connectivity index (χ3v) is 8.08. The Morgan fingerprint density at radius 3 is 2.26 bits per heavy atom. The van der Waals surface area contributed by atoms with Crippen molar-refractivity contribution in [2.75, 3.05) is 36.4 Å². The van der Waals surface area contributed by atoms with E-state index in [1.807, 2.05) is 0 Å². The van der Waals surface area contributed by atoms with E-state index in [1.165, 1.54) is 35.2 Å². The number of urea groups is 2. The largest absolute Gasteiger partial charge is 0.393 e. The minimum Gasteiger partial charge on any atom is -0.393 e. The van der Waals surface area contributed by atoms with Gasteiger partial charge in [0.2, 0.25) is 5.95 Å². The molecule has 2 aliphatic rings. The molecule has 3 heterocycles. The number of aliphatic hydroxyl groups excluding tert-OH is 2. The van der Waals surface area contributed by atoms with E-state index in [0.717, 1.165) is 5.69 Å². The SMILES string of the molecule is O=C(NC(=O)N1CCC(O)CC1)Nc1nc2ccc(OS(=O)(=O)c3ccc(N4CCC(O)CC4)cc3)cc2[nH]1. The van der Waals surface area contributed by atoms with E-state index < -0.39 is 28.3 Å². The van der Waals surface area contributed by atoms with E-state index in [4.69, 9.17) is 4.18 Å². The molecule has 39 heavy (non-hydrogen) atoms. The van der Waals surface area contributed by atoms with Gasteiger partial charge in [-0.2, -0.15) is 8.42 Å². The number of fused-ring (bicyclic) bond motifs is 1. The highest BCUT2D eigenvalue weighted by Gasteiger charge is 2.23. The van der Waals surface area contributed by atoms with E-state index >= 15 is 0 Å². The van der Waals surface area contributed by atoms with Crippen LogP contribution in [0.1, 0.15) is 25.7 Å². The van der Waals surface area contributed by atoms with Gasteiger partial charge in [0.1, 0.15) is 10.6 Å². The standard InChI is InChI=1S/C25H30N6O7S/c32-17-7-11-30(12-8-17)16-1-4-20(5-2-16)39(36,37)38-19-3-6-21-22(15-19)27-23(26-21)28-24(34)29-25(35)31-13-9-18(33)10-14-31/h1-6,15,17-18,32-33H,7-14H2,(H3,26,27,28,29,34,35). The predicted molar refractivity (Wildman–Crippen MR) is 142 cm³/mol. The summed E-state index contributed by atoms with van der Waals surface area (Å²) in [6.45, 7) is 2.10. The predicted octanol–water partition coefficient (Wildman–Crippen LogP) is 1.99. The van der Waals surface area contributed by atoms with Gasteiger partial charge in [0, 0.05) is 37.9 Å². The Bertz CT molecular complexity index is 1440. The maximum atomic E-state index is 12.9. The lowest BCUT2D eigenvalue weighted by Gasteiger charge is -2.31. The third-order valence-electron chi connectivity index (χ3n) is 6.82. The zero-order valence-corrected chi connectivity index (χ0v) is 21.9. The fourth-order valence-electron chi connectivity index (χ4n) is 4.61. The molecule has 0 unspecified atom stereocenters. The van der Waals surface area contributed by atoms with Crippen LogP contribution >= 0.6 is 0 Å². The Morgan fingerprint density at radius 2 is 1.59 bits per heavy atom. The van der Waals surface area contributed by atoms with Crippen molar-refractivity contribution >= 4 is 44.8 Å². The van der Waals surface area contributed by atoms with Crippen molar-refractivity contribution in [3.8, 4) is 5.75 Å². The molecule has 1 aromatic heterocycles. The highest BCUT2D eigenvalue weighted by atomic mass is 32.2. The van der Waals surface area contributed by atoms with E-state index in [2.05, 4.69) is 25.5 Å². The normalized spacial score (nSPS) is 17.3. The third kappa shape index (κ3) is 6.41. The van der Waals surface area contributed by atoms with Crippen LogP contribution in [0.25, 0.3) is 11.0 Å². The second kappa shape index (κ2) is 11.1. The quantitative estimate of drug-likeness (QED) is 0.293. The molecular weight excluding hydrogens is 528 g/mol. The summed E-state index contributed by atoms with van der Waals surface area (Å²) in [5.41, 5.74) is 1.74. The molecule has 2 aromatic carbocycles. The van der Waals surface area contributed by atoms with Crippen molar-refractivity contribution in [1.29, 1.82) is 0 Å². The lowest BCUT2D eigenvalue weighted by Crippen LogP contribution is -2.48. The number of nitrogens with one attached hydrogen (secondary N) is 3. The fraction of sp³-hybridized carbons (Fsp3) is 0.400. The molecule has 208 valence electrons. The van der Waals surface area contributed by atoms with Gasteiger partial charge in [-0.15, -0.1) is 0 Å². The van der Waals surface area contributed by atoms with Crippen LogP contribution in [0.15, 0.2) is 47.4 Å². The fourth-order valence-corrected chi connectivity index (χ4v) is 5.53. The molecule has 0 saturated carbocycles. The van der Waals surface area contributed by atoms with E-state index in [1.54, 1.807) is 12.1 Å². The first-order valence-electron chi connectivity index (χ1n) is 12.7. The first-order chi connectivity index (χ1) is 18.7. The van der Waals surface area contributed by atoms with Gasteiger partial charge in [-0.3, -0.25) is 10.6 Å². The molecule has 5 rings (SSSR count). The summed E-state index contributed by atoms with van der Waals surface area (Å²) in [5.74, 6) is 0.115. The number of benzene rings is 2. The number of imidazole rings is 1.